The summed E-state index contributed by atoms with van der Waals surface area (Å²) < 4.78 is 7.40. The smallest absolute Gasteiger partial charge is 0.270 e. The molecule has 0 aromatic carbocycles. The van der Waals surface area contributed by atoms with Crippen molar-refractivity contribution in [1.82, 2.24) is 14.7 Å². The number of aromatic nitrogens is 2. The van der Waals surface area contributed by atoms with Gasteiger partial charge < -0.3 is 15.2 Å². The molecule has 0 aliphatic rings. The molecule has 2 aromatic rings. The largest absolute Gasteiger partial charge is 0.490 e. The predicted molar refractivity (Wildman–Crippen MR) is 89.0 cm³/mol. The topological polar surface area (TPSA) is 75.9 Å². The molecule has 2 aromatic heterocycles. The van der Waals surface area contributed by atoms with Crippen LogP contribution in [0.15, 0.2) is 18.3 Å². The standard InChI is InChI=1S/C17H25N3O3/c1-3-13-15(17(22)18-10-6-5-7-12-21)20-11-8-9-14(23-4-2)16(20)19-13/h8-9,11,21H,3-7,10,12H2,1-2H3,(H,18,22). The number of pyridine rings is 1. The Morgan fingerprint density at radius 3 is 2.87 bits per heavy atom. The number of nitrogens with one attached hydrogen (secondary N) is 1. The lowest BCUT2D eigenvalue weighted by Crippen LogP contribution is -2.26. The Balaban J connectivity index is 2.21. The van der Waals surface area contributed by atoms with Crippen molar-refractivity contribution in [3.05, 3.63) is 29.7 Å². The van der Waals surface area contributed by atoms with Gasteiger partial charge in [-0.3, -0.25) is 9.20 Å². The Labute approximate surface area is 136 Å². The highest BCUT2D eigenvalue weighted by molar-refractivity contribution is 5.95. The van der Waals surface area contributed by atoms with Crippen molar-refractivity contribution in [3.8, 4) is 5.75 Å². The molecule has 0 saturated carbocycles. The number of hydrogen-bond acceptors (Lipinski definition) is 4. The van der Waals surface area contributed by atoms with E-state index in [2.05, 4.69) is 10.3 Å². The average molecular weight is 319 g/mol. The number of carbonyl (C=O) groups is 1. The zero-order chi connectivity index (χ0) is 16.7. The molecule has 0 radical (unpaired) electrons. The molecule has 0 unspecified atom stereocenters. The maximum Gasteiger partial charge on any atom is 0.270 e. The van der Waals surface area contributed by atoms with E-state index in [1.807, 2.05) is 32.2 Å². The number of ether oxygens (including phenoxy) is 1. The summed E-state index contributed by atoms with van der Waals surface area (Å²) in [6.45, 7) is 5.26. The lowest BCUT2D eigenvalue weighted by Gasteiger charge is -2.07. The number of fused-ring (bicyclic) bond motifs is 1. The minimum atomic E-state index is -0.119. The van der Waals surface area contributed by atoms with Crippen LogP contribution in [0.25, 0.3) is 5.65 Å². The van der Waals surface area contributed by atoms with Crippen molar-refractivity contribution in [3.63, 3.8) is 0 Å². The van der Waals surface area contributed by atoms with Gasteiger partial charge in [0.25, 0.3) is 5.91 Å². The lowest BCUT2D eigenvalue weighted by molar-refractivity contribution is 0.0946. The summed E-state index contributed by atoms with van der Waals surface area (Å²) >= 11 is 0. The molecule has 2 N–H and O–H groups in total. The van der Waals surface area contributed by atoms with Crippen LogP contribution in [0.1, 0.15) is 49.3 Å². The zero-order valence-corrected chi connectivity index (χ0v) is 13.8. The monoisotopic (exact) mass is 319 g/mol. The van der Waals surface area contributed by atoms with Crippen LogP contribution in [-0.4, -0.2) is 40.2 Å². The fourth-order valence-corrected chi connectivity index (χ4v) is 2.54. The SMILES string of the molecule is CCOc1cccn2c(C(=O)NCCCCCO)c(CC)nc12. The second-order valence-electron chi connectivity index (χ2n) is 5.30. The normalized spacial score (nSPS) is 10.9. The Bertz CT molecular complexity index is 652. The quantitative estimate of drug-likeness (QED) is 0.695. The van der Waals surface area contributed by atoms with Gasteiger partial charge in [-0.2, -0.15) is 0 Å². The minimum Gasteiger partial charge on any atom is -0.490 e. The molecule has 0 fully saturated rings. The second kappa shape index (κ2) is 8.53. The molecule has 0 atom stereocenters. The highest BCUT2D eigenvalue weighted by atomic mass is 16.5. The highest BCUT2D eigenvalue weighted by Crippen LogP contribution is 2.22. The fourth-order valence-electron chi connectivity index (χ4n) is 2.54. The van der Waals surface area contributed by atoms with Crippen LogP contribution in [0.2, 0.25) is 0 Å². The van der Waals surface area contributed by atoms with Gasteiger partial charge >= 0.3 is 0 Å². The van der Waals surface area contributed by atoms with Crippen LogP contribution in [-0.2, 0) is 6.42 Å². The first-order valence-electron chi connectivity index (χ1n) is 8.24. The first-order chi connectivity index (χ1) is 11.2. The number of aliphatic hydroxyl groups is 1. The van der Waals surface area contributed by atoms with Crippen molar-refractivity contribution in [2.24, 2.45) is 0 Å². The van der Waals surface area contributed by atoms with Gasteiger partial charge in [-0.05, 0) is 44.7 Å². The predicted octanol–water partition coefficient (Wildman–Crippen LogP) is 2.19. The fraction of sp³-hybridized carbons (Fsp3) is 0.529. The van der Waals surface area contributed by atoms with E-state index in [0.29, 0.717) is 36.7 Å². The van der Waals surface area contributed by atoms with E-state index < -0.39 is 0 Å². The molecule has 0 aliphatic carbocycles. The van der Waals surface area contributed by atoms with Crippen molar-refractivity contribution in [1.29, 1.82) is 0 Å². The summed E-state index contributed by atoms with van der Waals surface area (Å²) in [6.07, 6.45) is 5.04. The molecule has 0 saturated heterocycles. The van der Waals surface area contributed by atoms with Gasteiger partial charge in [0.1, 0.15) is 5.69 Å². The molecule has 6 nitrogen and oxygen atoms in total. The van der Waals surface area contributed by atoms with E-state index in [-0.39, 0.29) is 12.5 Å². The summed E-state index contributed by atoms with van der Waals surface area (Å²) in [5.41, 5.74) is 2.02. The number of aliphatic hydroxyl groups excluding tert-OH is 1. The number of hydrogen-bond donors (Lipinski definition) is 2. The number of amides is 1. The van der Waals surface area contributed by atoms with Gasteiger partial charge in [-0.15, -0.1) is 0 Å². The van der Waals surface area contributed by atoms with Gasteiger partial charge in [-0.1, -0.05) is 6.92 Å². The third-order valence-corrected chi connectivity index (χ3v) is 3.66. The minimum absolute atomic E-state index is 0.119. The van der Waals surface area contributed by atoms with Crippen LogP contribution in [0.5, 0.6) is 5.75 Å². The van der Waals surface area contributed by atoms with Crippen LogP contribution in [0.4, 0.5) is 0 Å². The number of carbonyl (C=O) groups excluding carboxylic acids is 1. The molecule has 0 bridgehead atoms. The summed E-state index contributed by atoms with van der Waals surface area (Å²) in [5.74, 6) is 0.568. The number of unbranched alkanes of at least 4 members (excludes halogenated alkanes) is 2. The van der Waals surface area contributed by atoms with Gasteiger partial charge in [0.15, 0.2) is 11.4 Å². The Kier molecular flexibility index (Phi) is 6.40. The van der Waals surface area contributed by atoms with Gasteiger partial charge in [-0.25, -0.2) is 4.98 Å². The summed E-state index contributed by atoms with van der Waals surface area (Å²) in [4.78, 5) is 17.1. The Hall–Kier alpha value is -2.08. The first-order valence-corrected chi connectivity index (χ1v) is 8.24. The van der Waals surface area contributed by atoms with Crippen LogP contribution in [0.3, 0.4) is 0 Å². The number of rotatable bonds is 9. The van der Waals surface area contributed by atoms with E-state index in [1.54, 1.807) is 4.40 Å². The van der Waals surface area contributed by atoms with E-state index in [0.717, 1.165) is 25.0 Å². The van der Waals surface area contributed by atoms with Crippen molar-refractivity contribution < 1.29 is 14.6 Å². The first kappa shape index (κ1) is 17.3. The van der Waals surface area contributed by atoms with Crippen molar-refractivity contribution in [2.75, 3.05) is 19.8 Å². The van der Waals surface area contributed by atoms with Crippen LogP contribution >= 0.6 is 0 Å². The maximum absolute atomic E-state index is 12.5. The van der Waals surface area contributed by atoms with Gasteiger partial charge in [0.05, 0.1) is 12.3 Å². The van der Waals surface area contributed by atoms with E-state index >= 15 is 0 Å². The average Bonchev–Trinajstić information content (AvgIpc) is 2.94. The molecule has 23 heavy (non-hydrogen) atoms. The molecule has 2 rings (SSSR count). The lowest BCUT2D eigenvalue weighted by atomic mass is 10.2. The number of nitrogens with zero attached hydrogens (tertiary/aromatic N) is 2. The molecule has 1 amide bonds. The molecule has 6 heteroatoms. The third-order valence-electron chi connectivity index (χ3n) is 3.66. The molecule has 2 heterocycles. The zero-order valence-electron chi connectivity index (χ0n) is 13.8. The van der Waals surface area contributed by atoms with Crippen LogP contribution in [0, 0.1) is 0 Å². The second-order valence-corrected chi connectivity index (χ2v) is 5.30. The van der Waals surface area contributed by atoms with Gasteiger partial charge in [0, 0.05) is 19.3 Å². The van der Waals surface area contributed by atoms with Gasteiger partial charge in [0.2, 0.25) is 0 Å². The Morgan fingerprint density at radius 1 is 1.35 bits per heavy atom. The molecule has 126 valence electrons. The molecular formula is C17H25N3O3. The van der Waals surface area contributed by atoms with Crippen LogP contribution < -0.4 is 10.1 Å². The summed E-state index contributed by atoms with van der Waals surface area (Å²) in [6, 6.07) is 3.72. The summed E-state index contributed by atoms with van der Waals surface area (Å²) in [7, 11) is 0. The molecule has 0 aliphatic heterocycles. The maximum atomic E-state index is 12.5. The summed E-state index contributed by atoms with van der Waals surface area (Å²) in [5, 5.41) is 11.7. The highest BCUT2D eigenvalue weighted by Gasteiger charge is 2.19. The Morgan fingerprint density at radius 2 is 2.17 bits per heavy atom. The van der Waals surface area contributed by atoms with E-state index in [9.17, 15) is 4.79 Å². The third kappa shape index (κ3) is 4.01. The number of imidazole rings is 1. The van der Waals surface area contributed by atoms with E-state index in [1.165, 1.54) is 0 Å². The van der Waals surface area contributed by atoms with Crippen molar-refractivity contribution >= 4 is 11.6 Å². The van der Waals surface area contributed by atoms with Crippen molar-refractivity contribution in [2.45, 2.75) is 39.5 Å². The molecular weight excluding hydrogens is 294 g/mol. The molecule has 0 spiro atoms. The van der Waals surface area contributed by atoms with E-state index in [4.69, 9.17) is 9.84 Å². The number of aryl methyl sites for hydroxylation is 1.